The van der Waals surface area contributed by atoms with Crippen LogP contribution >= 0.6 is 0 Å². The Bertz CT molecular complexity index is 611. The molecule has 0 aromatic heterocycles. The van der Waals surface area contributed by atoms with Crippen molar-refractivity contribution in [2.75, 3.05) is 0 Å². The van der Waals surface area contributed by atoms with Crippen LogP contribution in [0.15, 0.2) is 72.3 Å². The Balaban J connectivity index is 2.29. The summed E-state index contributed by atoms with van der Waals surface area (Å²) in [7, 11) is 0. The number of rotatable bonds is 7. The summed E-state index contributed by atoms with van der Waals surface area (Å²) < 4.78 is 0. The molecule has 0 unspecified atom stereocenters. The molecule has 2 aromatic rings. The van der Waals surface area contributed by atoms with E-state index in [1.807, 2.05) is 36.4 Å². The quantitative estimate of drug-likeness (QED) is 0.466. The lowest BCUT2D eigenvalue weighted by Crippen LogP contribution is -2.10. The fraction of sp³-hybridized carbons (Fsp3) is 0.286. The number of carbonyl (C=O) groups excluding carboxylic acids is 1. The Morgan fingerprint density at radius 2 is 1.55 bits per heavy atom. The van der Waals surface area contributed by atoms with Crippen LogP contribution in [0, 0.1) is 0 Å². The maximum absolute atomic E-state index is 12.6. The van der Waals surface area contributed by atoms with Gasteiger partial charge in [0.25, 0.3) is 0 Å². The summed E-state index contributed by atoms with van der Waals surface area (Å²) in [6.07, 6.45) is 4.80. The first kappa shape index (κ1) is 16.2. The van der Waals surface area contributed by atoms with Gasteiger partial charge in [-0.15, -0.1) is 0 Å². The lowest BCUT2D eigenvalue weighted by atomic mass is 9.84. The number of hydrogen-bond acceptors (Lipinski definition) is 1. The third-order valence-corrected chi connectivity index (χ3v) is 4.01. The number of benzene rings is 2. The van der Waals surface area contributed by atoms with Crippen LogP contribution in [0.2, 0.25) is 0 Å². The molecule has 2 rings (SSSR count). The molecule has 0 radical (unpaired) electrons. The summed E-state index contributed by atoms with van der Waals surface area (Å²) in [5, 5.41) is 0. The highest BCUT2D eigenvalue weighted by Crippen LogP contribution is 2.31. The molecule has 1 atom stereocenters. The fourth-order valence-electron chi connectivity index (χ4n) is 2.87. The van der Waals surface area contributed by atoms with Crippen LogP contribution in [0.5, 0.6) is 0 Å². The van der Waals surface area contributed by atoms with Crippen molar-refractivity contribution in [1.82, 2.24) is 0 Å². The number of carbonyl (C=O) groups is 1. The van der Waals surface area contributed by atoms with E-state index in [9.17, 15) is 4.79 Å². The molecule has 2 aromatic carbocycles. The van der Waals surface area contributed by atoms with E-state index in [0.717, 1.165) is 18.4 Å². The lowest BCUT2D eigenvalue weighted by Gasteiger charge is -2.20. The Morgan fingerprint density at radius 3 is 2.09 bits per heavy atom. The van der Waals surface area contributed by atoms with Gasteiger partial charge in [0.1, 0.15) is 0 Å². The minimum absolute atomic E-state index is 0.179. The third-order valence-electron chi connectivity index (χ3n) is 4.01. The van der Waals surface area contributed by atoms with Gasteiger partial charge in [0.2, 0.25) is 0 Å². The molecule has 1 heteroatoms. The van der Waals surface area contributed by atoms with Gasteiger partial charge < -0.3 is 0 Å². The summed E-state index contributed by atoms with van der Waals surface area (Å²) in [5.41, 5.74) is 3.39. The summed E-state index contributed by atoms with van der Waals surface area (Å²) in [6.45, 7) is 4.32. The Kier molecular flexibility index (Phi) is 6.14. The minimum Gasteiger partial charge on any atom is -0.294 e. The zero-order chi connectivity index (χ0) is 15.8. The average molecular weight is 292 g/mol. The van der Waals surface area contributed by atoms with Crippen molar-refractivity contribution in [2.24, 2.45) is 0 Å². The largest absolute Gasteiger partial charge is 0.294 e. The zero-order valence-electron chi connectivity index (χ0n) is 13.5. The van der Waals surface area contributed by atoms with Crippen molar-refractivity contribution in [2.45, 2.75) is 39.0 Å². The molecular formula is C21H24O. The van der Waals surface area contributed by atoms with Crippen LogP contribution in [0.25, 0.3) is 0 Å². The molecule has 114 valence electrons. The normalized spacial score (nSPS) is 12.9. The van der Waals surface area contributed by atoms with E-state index in [0.29, 0.717) is 6.42 Å². The molecule has 0 amide bonds. The predicted octanol–water partition coefficient (Wildman–Crippen LogP) is 5.79. The Morgan fingerprint density at radius 1 is 0.955 bits per heavy atom. The maximum Gasteiger partial charge on any atom is 0.163 e. The van der Waals surface area contributed by atoms with E-state index in [1.165, 1.54) is 11.1 Å². The van der Waals surface area contributed by atoms with E-state index in [4.69, 9.17) is 0 Å². The molecular weight excluding hydrogens is 268 g/mol. The second-order valence-electron chi connectivity index (χ2n) is 5.50. The van der Waals surface area contributed by atoms with Crippen molar-refractivity contribution in [1.29, 1.82) is 0 Å². The topological polar surface area (TPSA) is 17.1 Å². The Hall–Kier alpha value is -2.15. The van der Waals surface area contributed by atoms with Crippen LogP contribution in [-0.4, -0.2) is 5.78 Å². The van der Waals surface area contributed by atoms with E-state index in [1.54, 1.807) is 0 Å². The number of ketones is 1. The lowest BCUT2D eigenvalue weighted by molar-refractivity contribution is 0.0977. The summed E-state index contributed by atoms with van der Waals surface area (Å²) >= 11 is 0. The molecule has 1 nitrogen and oxygen atoms in total. The highest BCUT2D eigenvalue weighted by molar-refractivity contribution is 5.96. The van der Waals surface area contributed by atoms with Gasteiger partial charge >= 0.3 is 0 Å². The molecule has 0 aliphatic carbocycles. The molecule has 0 aliphatic heterocycles. The van der Waals surface area contributed by atoms with Crippen LogP contribution in [0.3, 0.4) is 0 Å². The van der Waals surface area contributed by atoms with Crippen LogP contribution in [0.4, 0.5) is 0 Å². The number of Topliss-reactive ketones (excluding diaryl/α,β-unsaturated/α-hetero) is 1. The second kappa shape index (κ2) is 8.33. The highest BCUT2D eigenvalue weighted by Gasteiger charge is 2.19. The van der Waals surface area contributed by atoms with Crippen molar-refractivity contribution in [3.05, 3.63) is 83.4 Å². The van der Waals surface area contributed by atoms with Crippen molar-refractivity contribution in [3.63, 3.8) is 0 Å². The number of allylic oxidation sites excluding steroid dienone is 2. The molecule has 0 N–H and O–H groups in total. The van der Waals surface area contributed by atoms with Gasteiger partial charge in [-0.05, 0) is 18.4 Å². The first-order valence-electron chi connectivity index (χ1n) is 8.08. The van der Waals surface area contributed by atoms with Gasteiger partial charge in [-0.25, -0.2) is 0 Å². The smallest absolute Gasteiger partial charge is 0.163 e. The van der Waals surface area contributed by atoms with E-state index < -0.39 is 0 Å². The zero-order valence-corrected chi connectivity index (χ0v) is 13.5. The van der Waals surface area contributed by atoms with Crippen LogP contribution < -0.4 is 0 Å². The van der Waals surface area contributed by atoms with Gasteiger partial charge in [-0.1, -0.05) is 86.2 Å². The van der Waals surface area contributed by atoms with Crippen LogP contribution in [-0.2, 0) is 0 Å². The van der Waals surface area contributed by atoms with E-state index in [2.05, 4.69) is 44.2 Å². The average Bonchev–Trinajstić information content (AvgIpc) is 2.59. The molecule has 22 heavy (non-hydrogen) atoms. The first-order valence-corrected chi connectivity index (χ1v) is 8.08. The van der Waals surface area contributed by atoms with Gasteiger partial charge in [-0.3, -0.25) is 4.79 Å². The van der Waals surface area contributed by atoms with E-state index >= 15 is 0 Å². The van der Waals surface area contributed by atoms with Gasteiger partial charge in [-0.2, -0.15) is 0 Å². The Labute approximate surface area is 133 Å². The monoisotopic (exact) mass is 292 g/mol. The van der Waals surface area contributed by atoms with Crippen molar-refractivity contribution >= 4 is 5.78 Å². The predicted molar refractivity (Wildman–Crippen MR) is 93.2 cm³/mol. The molecule has 0 bridgehead atoms. The van der Waals surface area contributed by atoms with Gasteiger partial charge in [0.15, 0.2) is 5.78 Å². The molecule has 0 saturated heterocycles. The number of hydrogen-bond donors (Lipinski definition) is 0. The van der Waals surface area contributed by atoms with Crippen molar-refractivity contribution in [3.8, 4) is 0 Å². The highest BCUT2D eigenvalue weighted by atomic mass is 16.1. The maximum atomic E-state index is 12.6. The van der Waals surface area contributed by atoms with Crippen LogP contribution in [0.1, 0.15) is 54.9 Å². The molecule has 0 heterocycles. The second-order valence-corrected chi connectivity index (χ2v) is 5.50. The standard InChI is InChI=1S/C21H24O/c1-3-11-17(4-2)20(18-12-7-5-8-13-18)16-21(22)19-14-9-6-10-15-19/h5-15,20H,3-4,16H2,1-2H3/b17-11+/t20-/m0/s1. The molecule has 0 saturated carbocycles. The van der Waals surface area contributed by atoms with Crippen molar-refractivity contribution < 1.29 is 4.79 Å². The minimum atomic E-state index is 0.179. The summed E-state index contributed by atoms with van der Waals surface area (Å²) in [5.74, 6) is 0.392. The molecule has 0 aliphatic rings. The summed E-state index contributed by atoms with van der Waals surface area (Å²) in [4.78, 5) is 12.6. The molecule has 0 spiro atoms. The SMILES string of the molecule is CC/C=C(\CC)[C@H](CC(=O)c1ccccc1)c1ccccc1. The van der Waals surface area contributed by atoms with Gasteiger partial charge in [0.05, 0.1) is 0 Å². The summed E-state index contributed by atoms with van der Waals surface area (Å²) in [6, 6.07) is 20.0. The first-order chi connectivity index (χ1) is 10.8. The van der Waals surface area contributed by atoms with Gasteiger partial charge in [0, 0.05) is 17.9 Å². The molecule has 0 fully saturated rings. The third kappa shape index (κ3) is 4.17. The van der Waals surface area contributed by atoms with E-state index in [-0.39, 0.29) is 11.7 Å². The fourth-order valence-corrected chi connectivity index (χ4v) is 2.87.